The van der Waals surface area contributed by atoms with E-state index in [1.54, 1.807) is 0 Å². The first kappa shape index (κ1) is 10.3. The Bertz CT molecular complexity index is 68.6. The molecule has 0 aliphatic heterocycles. The van der Waals surface area contributed by atoms with Crippen LogP contribution in [0.2, 0.25) is 0 Å². The van der Waals surface area contributed by atoms with Crippen LogP contribution in [0, 0.1) is 0 Å². The first-order chi connectivity index (χ1) is 4.85. The standard InChI is InChI=1S/C7H16O2S/c1-3-7(8-4-2)9-5-6-10/h7,10H,3-6H2,1-2H3. The molecule has 10 heavy (non-hydrogen) atoms. The lowest BCUT2D eigenvalue weighted by Gasteiger charge is -2.14. The molecule has 0 N–H and O–H groups in total. The van der Waals surface area contributed by atoms with Crippen LogP contribution in [-0.4, -0.2) is 25.3 Å². The molecule has 1 unspecified atom stereocenters. The SMILES string of the molecule is CCOC(CC)OCCS. The fourth-order valence-electron chi connectivity index (χ4n) is 0.654. The van der Waals surface area contributed by atoms with Crippen molar-refractivity contribution in [3.05, 3.63) is 0 Å². The molecular formula is C7H16O2S. The average molecular weight is 164 g/mol. The summed E-state index contributed by atoms with van der Waals surface area (Å²) in [6.07, 6.45) is 0.874. The molecule has 0 saturated heterocycles. The molecule has 0 fully saturated rings. The molecule has 1 atom stereocenters. The van der Waals surface area contributed by atoms with Crippen molar-refractivity contribution in [1.29, 1.82) is 0 Å². The summed E-state index contributed by atoms with van der Waals surface area (Å²) in [5.74, 6) is 0.754. The smallest absolute Gasteiger partial charge is 0.157 e. The zero-order valence-corrected chi connectivity index (χ0v) is 7.56. The molecule has 2 nitrogen and oxygen atoms in total. The molecule has 0 aliphatic rings. The van der Waals surface area contributed by atoms with E-state index >= 15 is 0 Å². The topological polar surface area (TPSA) is 18.5 Å². The summed E-state index contributed by atoms with van der Waals surface area (Å²) in [6, 6.07) is 0. The Balaban J connectivity index is 3.21. The van der Waals surface area contributed by atoms with Gasteiger partial charge in [0.15, 0.2) is 6.29 Å². The number of hydrogen-bond acceptors (Lipinski definition) is 3. The van der Waals surface area contributed by atoms with Gasteiger partial charge < -0.3 is 9.47 Å². The molecule has 0 aromatic heterocycles. The van der Waals surface area contributed by atoms with Gasteiger partial charge in [-0.05, 0) is 13.3 Å². The fourth-order valence-corrected chi connectivity index (χ4v) is 0.759. The van der Waals surface area contributed by atoms with Gasteiger partial charge in [0.25, 0.3) is 0 Å². The second kappa shape index (κ2) is 7.38. The molecule has 0 aliphatic carbocycles. The van der Waals surface area contributed by atoms with Gasteiger partial charge >= 0.3 is 0 Å². The molecule has 0 bridgehead atoms. The third-order valence-corrected chi connectivity index (χ3v) is 1.26. The first-order valence-electron chi connectivity index (χ1n) is 3.69. The van der Waals surface area contributed by atoms with Gasteiger partial charge in [0.1, 0.15) is 0 Å². The summed E-state index contributed by atoms with van der Waals surface area (Å²) >= 11 is 4.02. The van der Waals surface area contributed by atoms with Crippen LogP contribution in [0.25, 0.3) is 0 Å². The van der Waals surface area contributed by atoms with E-state index in [0.717, 1.165) is 12.2 Å². The minimum Gasteiger partial charge on any atom is -0.353 e. The van der Waals surface area contributed by atoms with Gasteiger partial charge in [0.2, 0.25) is 0 Å². The molecule has 0 amide bonds. The molecule has 0 heterocycles. The zero-order valence-electron chi connectivity index (χ0n) is 6.67. The van der Waals surface area contributed by atoms with Crippen molar-refractivity contribution < 1.29 is 9.47 Å². The van der Waals surface area contributed by atoms with Gasteiger partial charge in [-0.3, -0.25) is 0 Å². The first-order valence-corrected chi connectivity index (χ1v) is 4.32. The number of hydrogen-bond donors (Lipinski definition) is 1. The van der Waals surface area contributed by atoms with E-state index in [4.69, 9.17) is 9.47 Å². The molecule has 3 heteroatoms. The van der Waals surface area contributed by atoms with Crippen LogP contribution in [0.1, 0.15) is 20.3 Å². The molecule has 0 spiro atoms. The van der Waals surface area contributed by atoms with Crippen molar-refractivity contribution in [2.24, 2.45) is 0 Å². The Morgan fingerprint density at radius 2 is 2.00 bits per heavy atom. The molecule has 0 saturated carbocycles. The average Bonchev–Trinajstić information content (AvgIpc) is 1.98. The third-order valence-electron chi connectivity index (χ3n) is 1.08. The van der Waals surface area contributed by atoms with Crippen molar-refractivity contribution in [1.82, 2.24) is 0 Å². The van der Waals surface area contributed by atoms with Gasteiger partial charge in [-0.25, -0.2) is 0 Å². The molecule has 0 rings (SSSR count). The predicted molar refractivity (Wildman–Crippen MR) is 45.5 cm³/mol. The summed E-state index contributed by atoms with van der Waals surface area (Å²) < 4.78 is 10.5. The highest BCUT2D eigenvalue weighted by Crippen LogP contribution is 1.99. The van der Waals surface area contributed by atoms with Gasteiger partial charge in [-0.1, -0.05) is 6.92 Å². The van der Waals surface area contributed by atoms with Crippen LogP contribution in [0.5, 0.6) is 0 Å². The second-order valence-corrected chi connectivity index (χ2v) is 2.33. The molecule has 0 aromatic rings. The maximum Gasteiger partial charge on any atom is 0.157 e. The lowest BCUT2D eigenvalue weighted by molar-refractivity contribution is -0.136. The Morgan fingerprint density at radius 3 is 2.40 bits per heavy atom. The van der Waals surface area contributed by atoms with E-state index < -0.39 is 0 Å². The maximum absolute atomic E-state index is 5.28. The van der Waals surface area contributed by atoms with Crippen molar-refractivity contribution in [3.63, 3.8) is 0 Å². The summed E-state index contributed by atoms with van der Waals surface area (Å²) in [5.41, 5.74) is 0. The summed E-state index contributed by atoms with van der Waals surface area (Å²) in [7, 11) is 0. The van der Waals surface area contributed by atoms with Crippen LogP contribution in [0.4, 0.5) is 0 Å². The molecule has 62 valence electrons. The zero-order chi connectivity index (χ0) is 7.82. The molecule has 0 aromatic carbocycles. The van der Waals surface area contributed by atoms with Gasteiger partial charge in [-0.2, -0.15) is 12.6 Å². The highest BCUT2D eigenvalue weighted by molar-refractivity contribution is 7.80. The Morgan fingerprint density at radius 1 is 1.30 bits per heavy atom. The van der Waals surface area contributed by atoms with E-state index in [1.807, 2.05) is 13.8 Å². The second-order valence-electron chi connectivity index (χ2n) is 1.89. The Labute approximate surface area is 68.3 Å². The van der Waals surface area contributed by atoms with Crippen LogP contribution in [0.15, 0.2) is 0 Å². The number of ether oxygens (including phenoxy) is 2. The summed E-state index contributed by atoms with van der Waals surface area (Å²) in [4.78, 5) is 0. The van der Waals surface area contributed by atoms with Crippen molar-refractivity contribution >= 4 is 12.6 Å². The lowest BCUT2D eigenvalue weighted by Crippen LogP contribution is -2.17. The highest BCUT2D eigenvalue weighted by atomic mass is 32.1. The quantitative estimate of drug-likeness (QED) is 0.476. The van der Waals surface area contributed by atoms with Crippen LogP contribution < -0.4 is 0 Å². The summed E-state index contributed by atoms with van der Waals surface area (Å²) in [6.45, 7) is 5.39. The summed E-state index contributed by atoms with van der Waals surface area (Å²) in [5, 5.41) is 0. The minimum atomic E-state index is -0.0304. The third kappa shape index (κ3) is 5.09. The van der Waals surface area contributed by atoms with E-state index in [-0.39, 0.29) is 6.29 Å². The van der Waals surface area contributed by atoms with E-state index in [0.29, 0.717) is 13.2 Å². The van der Waals surface area contributed by atoms with Crippen molar-refractivity contribution in [2.45, 2.75) is 26.6 Å². The van der Waals surface area contributed by atoms with Crippen molar-refractivity contribution in [2.75, 3.05) is 19.0 Å². The van der Waals surface area contributed by atoms with Gasteiger partial charge in [-0.15, -0.1) is 0 Å². The maximum atomic E-state index is 5.28. The van der Waals surface area contributed by atoms with Crippen LogP contribution in [-0.2, 0) is 9.47 Å². The van der Waals surface area contributed by atoms with Gasteiger partial charge in [0, 0.05) is 12.4 Å². The number of thiol groups is 1. The van der Waals surface area contributed by atoms with Crippen LogP contribution in [0.3, 0.4) is 0 Å². The van der Waals surface area contributed by atoms with E-state index in [1.165, 1.54) is 0 Å². The van der Waals surface area contributed by atoms with E-state index in [9.17, 15) is 0 Å². The fraction of sp³-hybridized carbons (Fsp3) is 1.00. The molecular weight excluding hydrogens is 148 g/mol. The number of rotatable bonds is 6. The Hall–Kier alpha value is 0.270. The largest absolute Gasteiger partial charge is 0.353 e. The predicted octanol–water partition coefficient (Wildman–Crippen LogP) is 1.71. The molecule has 0 radical (unpaired) electrons. The monoisotopic (exact) mass is 164 g/mol. The van der Waals surface area contributed by atoms with Gasteiger partial charge in [0.05, 0.1) is 6.61 Å². The minimum absolute atomic E-state index is 0.0304. The van der Waals surface area contributed by atoms with E-state index in [2.05, 4.69) is 12.6 Å². The normalized spacial score (nSPS) is 13.5. The van der Waals surface area contributed by atoms with Crippen molar-refractivity contribution in [3.8, 4) is 0 Å². The van der Waals surface area contributed by atoms with Crippen LogP contribution >= 0.6 is 12.6 Å². The lowest BCUT2D eigenvalue weighted by atomic mass is 10.5. The Kier molecular flexibility index (Phi) is 7.58. The highest BCUT2D eigenvalue weighted by Gasteiger charge is 2.02.